The van der Waals surface area contributed by atoms with Crippen LogP contribution < -0.4 is 4.74 Å². The Hall–Kier alpha value is -3.43. The Bertz CT molecular complexity index is 986. The fourth-order valence-corrected chi connectivity index (χ4v) is 3.65. The second-order valence-corrected chi connectivity index (χ2v) is 8.70. The quantitative estimate of drug-likeness (QED) is 0.193. The van der Waals surface area contributed by atoms with Gasteiger partial charge in [0, 0.05) is 6.61 Å². The number of aryl methyl sites for hydroxylation is 1. The summed E-state index contributed by atoms with van der Waals surface area (Å²) in [5.74, 6) is -2.01. The molecule has 0 aliphatic heterocycles. The van der Waals surface area contributed by atoms with Gasteiger partial charge in [0.1, 0.15) is 11.5 Å². The normalized spacial score (nSPS) is 12.8. The van der Waals surface area contributed by atoms with Crippen molar-refractivity contribution in [2.45, 2.75) is 58.7 Å². The predicted molar refractivity (Wildman–Crippen MR) is 140 cm³/mol. The minimum Gasteiger partial charge on any atom is -0.464 e. The van der Waals surface area contributed by atoms with E-state index >= 15 is 0 Å². The van der Waals surface area contributed by atoms with Crippen molar-refractivity contribution in [2.24, 2.45) is 5.92 Å². The minimum atomic E-state index is -2.98. The lowest BCUT2D eigenvalue weighted by Gasteiger charge is -2.30. The maximum absolute atomic E-state index is 12.6. The van der Waals surface area contributed by atoms with Gasteiger partial charge in [-0.3, -0.25) is 0 Å². The Kier molecular flexibility index (Phi) is 12.8. The first-order chi connectivity index (χ1) is 18.3. The molecule has 0 heterocycles. The third-order valence-electron chi connectivity index (χ3n) is 5.78. The van der Waals surface area contributed by atoms with Gasteiger partial charge in [0.2, 0.25) is 6.10 Å². The van der Waals surface area contributed by atoms with Crippen molar-refractivity contribution >= 4 is 17.9 Å². The number of carbonyl (C=O) groups is 3. The Morgan fingerprint density at radius 1 is 0.789 bits per heavy atom. The zero-order chi connectivity index (χ0) is 28.0. The Morgan fingerprint density at radius 2 is 1.34 bits per heavy atom. The zero-order valence-electron chi connectivity index (χ0n) is 22.5. The summed E-state index contributed by atoms with van der Waals surface area (Å²) >= 11 is 0. The molecular formula is C29H38O9. The number of esters is 3. The molecule has 2 rings (SSSR count). The van der Waals surface area contributed by atoms with Crippen molar-refractivity contribution in [2.75, 3.05) is 26.4 Å². The second-order valence-electron chi connectivity index (χ2n) is 8.70. The molecule has 2 aromatic carbocycles. The number of para-hydroxylation sites is 1. The van der Waals surface area contributed by atoms with Crippen LogP contribution in [0.2, 0.25) is 0 Å². The van der Waals surface area contributed by atoms with Crippen molar-refractivity contribution in [3.05, 3.63) is 60.2 Å². The van der Waals surface area contributed by atoms with Crippen LogP contribution >= 0.6 is 0 Å². The summed E-state index contributed by atoms with van der Waals surface area (Å²) in [7, 11) is 0. The van der Waals surface area contributed by atoms with E-state index in [1.807, 2.05) is 61.5 Å². The Labute approximate surface area is 224 Å². The average molecular weight is 531 g/mol. The Morgan fingerprint density at radius 3 is 1.89 bits per heavy atom. The van der Waals surface area contributed by atoms with Gasteiger partial charge < -0.3 is 28.8 Å². The largest absolute Gasteiger partial charge is 0.464 e. The summed E-state index contributed by atoms with van der Waals surface area (Å²) in [5, 5.41) is 11.0. The zero-order valence-corrected chi connectivity index (χ0v) is 22.5. The van der Waals surface area contributed by atoms with E-state index in [9.17, 15) is 19.5 Å². The fourth-order valence-electron chi connectivity index (χ4n) is 3.65. The SMILES string of the molecule is CCOC(=O)C(OCCC(C)CCc1ccc(Oc2ccccc2)cc1)C(O)(C(=O)OCC)C(=O)OCC. The molecular weight excluding hydrogens is 492 g/mol. The topological polar surface area (TPSA) is 118 Å². The first kappa shape index (κ1) is 30.8. The van der Waals surface area contributed by atoms with Crippen LogP contribution in [0.3, 0.4) is 0 Å². The number of ether oxygens (including phenoxy) is 5. The van der Waals surface area contributed by atoms with Crippen LogP contribution in [0.4, 0.5) is 0 Å². The maximum atomic E-state index is 12.6. The molecule has 38 heavy (non-hydrogen) atoms. The highest BCUT2D eigenvalue weighted by Gasteiger charge is 2.59. The summed E-state index contributed by atoms with van der Waals surface area (Å²) in [5.41, 5.74) is -1.84. The molecule has 0 fully saturated rings. The van der Waals surface area contributed by atoms with Gasteiger partial charge in [0.25, 0.3) is 5.60 Å². The predicted octanol–water partition coefficient (Wildman–Crippen LogP) is 4.24. The number of aliphatic hydroxyl groups is 1. The lowest BCUT2D eigenvalue weighted by atomic mass is 9.95. The first-order valence-corrected chi connectivity index (χ1v) is 12.9. The summed E-state index contributed by atoms with van der Waals surface area (Å²) < 4.78 is 26.1. The number of benzene rings is 2. The van der Waals surface area contributed by atoms with Gasteiger partial charge in [0.05, 0.1) is 19.8 Å². The molecule has 0 saturated heterocycles. The maximum Gasteiger partial charge on any atom is 0.353 e. The van der Waals surface area contributed by atoms with Crippen LogP contribution in [0.1, 0.15) is 46.1 Å². The van der Waals surface area contributed by atoms with Crippen LogP contribution in [-0.2, 0) is 39.8 Å². The standard InChI is InChI=1S/C29H38O9/c1-5-34-26(30)25(29(33,27(31)35-6-2)28(32)36-7-3)37-20-19-21(4)13-14-22-15-17-24(18-16-22)38-23-11-9-8-10-12-23/h8-12,15-18,21,25,33H,5-7,13-14,19-20H2,1-4H3. The van der Waals surface area contributed by atoms with E-state index in [1.165, 1.54) is 13.8 Å². The smallest absolute Gasteiger partial charge is 0.353 e. The van der Waals surface area contributed by atoms with E-state index < -0.39 is 29.6 Å². The molecule has 1 N–H and O–H groups in total. The highest BCUT2D eigenvalue weighted by molar-refractivity contribution is 6.08. The molecule has 208 valence electrons. The van der Waals surface area contributed by atoms with Gasteiger partial charge in [-0.1, -0.05) is 37.3 Å². The molecule has 2 atom stereocenters. The fraction of sp³-hybridized carbons (Fsp3) is 0.483. The van der Waals surface area contributed by atoms with Gasteiger partial charge in [-0.05, 0) is 75.8 Å². The summed E-state index contributed by atoms with van der Waals surface area (Å²) in [6, 6.07) is 17.4. The van der Waals surface area contributed by atoms with E-state index in [1.54, 1.807) is 6.92 Å². The highest BCUT2D eigenvalue weighted by atomic mass is 16.6. The molecule has 0 aliphatic rings. The highest BCUT2D eigenvalue weighted by Crippen LogP contribution is 2.24. The van der Waals surface area contributed by atoms with E-state index in [0.717, 1.165) is 29.9 Å². The molecule has 2 unspecified atom stereocenters. The number of hydrogen-bond donors (Lipinski definition) is 1. The molecule has 0 spiro atoms. The Balaban J connectivity index is 1.96. The monoisotopic (exact) mass is 530 g/mol. The molecule has 0 radical (unpaired) electrons. The molecule has 0 amide bonds. The van der Waals surface area contributed by atoms with E-state index in [0.29, 0.717) is 6.42 Å². The van der Waals surface area contributed by atoms with Crippen LogP contribution in [0.25, 0.3) is 0 Å². The van der Waals surface area contributed by atoms with Gasteiger partial charge in [-0.15, -0.1) is 0 Å². The minimum absolute atomic E-state index is 0.00434. The first-order valence-electron chi connectivity index (χ1n) is 12.9. The molecule has 9 nitrogen and oxygen atoms in total. The molecule has 0 aromatic heterocycles. The lowest BCUT2D eigenvalue weighted by Crippen LogP contribution is -2.61. The molecule has 9 heteroatoms. The summed E-state index contributed by atoms with van der Waals surface area (Å²) in [4.78, 5) is 37.7. The van der Waals surface area contributed by atoms with Crippen molar-refractivity contribution in [1.29, 1.82) is 0 Å². The van der Waals surface area contributed by atoms with Crippen LogP contribution in [0.5, 0.6) is 11.5 Å². The number of rotatable bonds is 16. The van der Waals surface area contributed by atoms with Crippen molar-refractivity contribution in [1.82, 2.24) is 0 Å². The van der Waals surface area contributed by atoms with Crippen molar-refractivity contribution in [3.63, 3.8) is 0 Å². The molecule has 0 saturated carbocycles. The van der Waals surface area contributed by atoms with E-state index in [2.05, 4.69) is 0 Å². The summed E-state index contributed by atoms with van der Waals surface area (Å²) in [6.45, 7) is 6.33. The van der Waals surface area contributed by atoms with Gasteiger partial charge in [-0.2, -0.15) is 0 Å². The number of carbonyl (C=O) groups excluding carboxylic acids is 3. The van der Waals surface area contributed by atoms with Crippen LogP contribution in [0, 0.1) is 5.92 Å². The molecule has 2 aromatic rings. The molecule has 0 bridgehead atoms. The average Bonchev–Trinajstić information content (AvgIpc) is 2.91. The lowest BCUT2D eigenvalue weighted by molar-refractivity contribution is -0.208. The van der Waals surface area contributed by atoms with E-state index in [-0.39, 0.29) is 32.3 Å². The second kappa shape index (κ2) is 15.7. The van der Waals surface area contributed by atoms with Crippen molar-refractivity contribution in [3.8, 4) is 11.5 Å². The number of hydrogen-bond acceptors (Lipinski definition) is 9. The summed E-state index contributed by atoms with van der Waals surface area (Å²) in [6.07, 6.45) is 0.216. The molecule has 0 aliphatic carbocycles. The van der Waals surface area contributed by atoms with Gasteiger partial charge >= 0.3 is 17.9 Å². The third kappa shape index (κ3) is 8.85. The van der Waals surface area contributed by atoms with Gasteiger partial charge in [0.15, 0.2) is 0 Å². The van der Waals surface area contributed by atoms with Gasteiger partial charge in [-0.25, -0.2) is 14.4 Å². The van der Waals surface area contributed by atoms with Crippen LogP contribution in [-0.4, -0.2) is 61.1 Å². The van der Waals surface area contributed by atoms with E-state index in [4.69, 9.17) is 23.7 Å². The third-order valence-corrected chi connectivity index (χ3v) is 5.78. The van der Waals surface area contributed by atoms with Crippen LogP contribution in [0.15, 0.2) is 54.6 Å². The van der Waals surface area contributed by atoms with Crippen molar-refractivity contribution < 1.29 is 43.2 Å².